The van der Waals surface area contributed by atoms with Crippen molar-refractivity contribution >= 4 is 45.2 Å². The van der Waals surface area contributed by atoms with Crippen LogP contribution in [0.15, 0.2) is 36.4 Å². The maximum absolute atomic E-state index is 15.3. The average Bonchev–Trinajstić information content (AvgIpc) is 3.56. The Kier molecular flexibility index (Phi) is 6.08. The Morgan fingerprint density at radius 3 is 1.68 bits per heavy atom. The van der Waals surface area contributed by atoms with E-state index in [0.29, 0.717) is 43.9 Å². The van der Waals surface area contributed by atoms with E-state index in [1.807, 2.05) is 6.92 Å². The molecular weight excluding hydrogens is 554 g/mol. The molecule has 194 valence electrons. The Morgan fingerprint density at radius 2 is 1.19 bits per heavy atom. The third-order valence-electron chi connectivity index (χ3n) is 6.00. The van der Waals surface area contributed by atoms with Crippen LogP contribution in [0.5, 0.6) is 5.75 Å². The van der Waals surface area contributed by atoms with Crippen LogP contribution >= 0.6 is 34.0 Å². The van der Waals surface area contributed by atoms with Crippen LogP contribution < -0.4 is 4.74 Å². The Labute approximate surface area is 220 Å². The Bertz CT molecular complexity index is 1530. The summed E-state index contributed by atoms with van der Waals surface area (Å²) in [6.07, 6.45) is 0. The number of alkyl halides is 6. The van der Waals surface area contributed by atoms with Crippen LogP contribution in [0.3, 0.4) is 0 Å². The number of rotatable bonds is 5. The summed E-state index contributed by atoms with van der Waals surface area (Å²) in [5, 5.41) is 0.527. The summed E-state index contributed by atoms with van der Waals surface area (Å²) in [6, 6.07) is 10.0. The molecule has 5 rings (SSSR count). The zero-order valence-electron chi connectivity index (χ0n) is 19.8. The number of aromatic nitrogens is 2. The molecule has 12 heteroatoms. The highest BCUT2D eigenvalue weighted by Gasteiger charge is 2.81. The van der Waals surface area contributed by atoms with Gasteiger partial charge in [-0.25, -0.2) is 9.97 Å². The number of allylic oxidation sites excluding steroid dienone is 2. The highest BCUT2D eigenvalue weighted by atomic mass is 32.1. The second kappa shape index (κ2) is 8.67. The van der Waals surface area contributed by atoms with Crippen LogP contribution in [-0.2, 0) is 0 Å². The number of aryl methyl sites for hydroxylation is 3. The summed E-state index contributed by atoms with van der Waals surface area (Å²) in [5.74, 6) is -15.4. The SMILES string of the molecule is COc1ccc(-c2nc(C)c(C3=C(c4sc(-c5ccc(C)s5)nc4C)C(F)(F)C(F)(F)C3(F)F)s2)cc1. The lowest BCUT2D eigenvalue weighted by Crippen LogP contribution is -2.48. The second-order valence-electron chi connectivity index (χ2n) is 8.48. The smallest absolute Gasteiger partial charge is 0.380 e. The van der Waals surface area contributed by atoms with Gasteiger partial charge >= 0.3 is 17.8 Å². The lowest BCUT2D eigenvalue weighted by molar-refractivity contribution is -0.254. The molecule has 37 heavy (non-hydrogen) atoms. The summed E-state index contributed by atoms with van der Waals surface area (Å²) in [6.45, 7) is 4.54. The summed E-state index contributed by atoms with van der Waals surface area (Å²) < 4.78 is 96.0. The number of hydrogen-bond donors (Lipinski definition) is 0. The van der Waals surface area contributed by atoms with Gasteiger partial charge in [-0.3, -0.25) is 0 Å². The van der Waals surface area contributed by atoms with Crippen molar-refractivity contribution in [1.82, 2.24) is 9.97 Å². The predicted octanol–water partition coefficient (Wildman–Crippen LogP) is 8.76. The molecule has 1 aromatic carbocycles. The van der Waals surface area contributed by atoms with Gasteiger partial charge in [-0.05, 0) is 57.2 Å². The van der Waals surface area contributed by atoms with E-state index in [-0.39, 0.29) is 16.4 Å². The Balaban J connectivity index is 1.74. The largest absolute Gasteiger partial charge is 0.497 e. The molecule has 0 bridgehead atoms. The molecule has 0 aliphatic heterocycles. The van der Waals surface area contributed by atoms with Gasteiger partial charge < -0.3 is 4.74 Å². The van der Waals surface area contributed by atoms with E-state index in [2.05, 4.69) is 9.97 Å². The van der Waals surface area contributed by atoms with Crippen molar-refractivity contribution in [3.05, 3.63) is 62.4 Å². The molecule has 0 amide bonds. The number of thiazole rings is 2. The van der Waals surface area contributed by atoms with E-state index in [1.165, 1.54) is 32.3 Å². The van der Waals surface area contributed by atoms with Gasteiger partial charge in [0.25, 0.3) is 0 Å². The molecule has 0 radical (unpaired) electrons. The van der Waals surface area contributed by atoms with Crippen molar-refractivity contribution in [3.8, 4) is 26.2 Å². The summed E-state index contributed by atoms with van der Waals surface area (Å²) in [7, 11) is 1.48. The van der Waals surface area contributed by atoms with Crippen molar-refractivity contribution in [2.75, 3.05) is 7.11 Å². The van der Waals surface area contributed by atoms with E-state index in [4.69, 9.17) is 4.74 Å². The monoisotopic (exact) mass is 572 g/mol. The molecule has 3 aromatic heterocycles. The maximum atomic E-state index is 15.3. The van der Waals surface area contributed by atoms with Crippen LogP contribution in [-0.4, -0.2) is 34.8 Å². The van der Waals surface area contributed by atoms with E-state index in [1.54, 1.807) is 36.4 Å². The lowest BCUT2D eigenvalue weighted by Gasteiger charge is -2.25. The fourth-order valence-electron chi connectivity index (χ4n) is 4.11. The Hall–Kier alpha value is -2.70. The fraction of sp³-hybridized carbons (Fsp3) is 0.280. The van der Waals surface area contributed by atoms with Crippen molar-refractivity contribution in [1.29, 1.82) is 0 Å². The molecule has 1 aliphatic rings. The third-order valence-corrected chi connectivity index (χ3v) is 9.57. The van der Waals surface area contributed by atoms with Gasteiger partial charge in [0.1, 0.15) is 15.8 Å². The minimum atomic E-state index is -5.64. The summed E-state index contributed by atoms with van der Waals surface area (Å²) in [5.41, 5.74) is -2.37. The summed E-state index contributed by atoms with van der Waals surface area (Å²) >= 11 is 2.71. The predicted molar refractivity (Wildman–Crippen MR) is 135 cm³/mol. The van der Waals surface area contributed by atoms with E-state index < -0.39 is 38.7 Å². The van der Waals surface area contributed by atoms with Crippen LogP contribution in [0.2, 0.25) is 0 Å². The highest BCUT2D eigenvalue weighted by Crippen LogP contribution is 2.66. The molecule has 3 nitrogen and oxygen atoms in total. The number of thiophene rings is 1. The van der Waals surface area contributed by atoms with Crippen molar-refractivity contribution in [2.24, 2.45) is 0 Å². The third kappa shape index (κ3) is 3.83. The molecule has 1 aliphatic carbocycles. The average molecular weight is 573 g/mol. The molecule has 0 unspecified atom stereocenters. The van der Waals surface area contributed by atoms with Crippen molar-refractivity contribution in [3.63, 3.8) is 0 Å². The van der Waals surface area contributed by atoms with Gasteiger partial charge in [0.05, 0.1) is 44.3 Å². The van der Waals surface area contributed by atoms with Gasteiger partial charge in [-0.1, -0.05) is 0 Å². The van der Waals surface area contributed by atoms with Crippen LogP contribution in [0.4, 0.5) is 26.3 Å². The first-order valence-corrected chi connectivity index (χ1v) is 13.3. The molecular formula is C25H18F6N2OS3. The van der Waals surface area contributed by atoms with Gasteiger partial charge in [0.15, 0.2) is 0 Å². The number of hydrogen-bond acceptors (Lipinski definition) is 6. The molecule has 0 atom stereocenters. The number of benzene rings is 1. The van der Waals surface area contributed by atoms with Gasteiger partial charge in [0.2, 0.25) is 0 Å². The molecule has 0 saturated heterocycles. The molecule has 0 saturated carbocycles. The van der Waals surface area contributed by atoms with Crippen LogP contribution in [0.25, 0.3) is 31.6 Å². The molecule has 4 aromatic rings. The topological polar surface area (TPSA) is 35.0 Å². The fourth-order valence-corrected chi connectivity index (χ4v) is 7.33. The number of nitrogens with zero attached hydrogens (tertiary/aromatic N) is 2. The number of ether oxygens (including phenoxy) is 1. The van der Waals surface area contributed by atoms with Crippen molar-refractivity contribution < 1.29 is 31.1 Å². The second-order valence-corrected chi connectivity index (χ2v) is 11.8. The summed E-state index contributed by atoms with van der Waals surface area (Å²) in [4.78, 5) is 9.28. The normalized spacial score (nSPS) is 18.0. The van der Waals surface area contributed by atoms with E-state index >= 15 is 17.6 Å². The van der Waals surface area contributed by atoms with Gasteiger partial charge in [-0.15, -0.1) is 34.0 Å². The van der Waals surface area contributed by atoms with Gasteiger partial charge in [0, 0.05) is 10.4 Å². The number of methoxy groups -OCH3 is 1. The first-order valence-electron chi connectivity index (χ1n) is 10.8. The first-order chi connectivity index (χ1) is 17.3. The minimum absolute atomic E-state index is 0.0238. The molecule has 3 heterocycles. The van der Waals surface area contributed by atoms with Crippen LogP contribution in [0, 0.1) is 20.8 Å². The van der Waals surface area contributed by atoms with E-state index in [9.17, 15) is 8.78 Å². The number of halogens is 6. The zero-order valence-corrected chi connectivity index (χ0v) is 22.2. The van der Waals surface area contributed by atoms with Crippen LogP contribution in [0.1, 0.15) is 26.0 Å². The molecule has 0 N–H and O–H groups in total. The standard InChI is InChI=1S/C25H18F6N2OS3/c1-11-5-10-16(35-11)22-33-13(3)20(37-22)18-17(23(26,27)25(30,31)24(18,28)29)19-12(2)32-21(36-19)14-6-8-15(34-4)9-7-14/h5-10H,1-4H3. The maximum Gasteiger partial charge on any atom is 0.380 e. The molecule has 0 spiro atoms. The lowest BCUT2D eigenvalue weighted by atomic mass is 10.0. The van der Waals surface area contributed by atoms with E-state index in [0.717, 1.165) is 4.88 Å². The first kappa shape index (κ1) is 25.9. The quantitative estimate of drug-likeness (QED) is 0.224. The minimum Gasteiger partial charge on any atom is -0.497 e. The van der Waals surface area contributed by atoms with Crippen molar-refractivity contribution in [2.45, 2.75) is 38.5 Å². The Morgan fingerprint density at radius 1 is 0.676 bits per heavy atom. The molecule has 0 fully saturated rings. The van der Waals surface area contributed by atoms with Gasteiger partial charge in [-0.2, -0.15) is 26.3 Å². The zero-order chi connectivity index (χ0) is 26.9. The highest BCUT2D eigenvalue weighted by molar-refractivity contribution is 7.22.